The molecule has 0 aromatic heterocycles. The summed E-state index contributed by atoms with van der Waals surface area (Å²) in [6, 6.07) is 24.3. The highest BCUT2D eigenvalue weighted by Crippen LogP contribution is 2.41. The highest BCUT2D eigenvalue weighted by Gasteiger charge is 2.43. The van der Waals surface area contributed by atoms with E-state index < -0.39 is 23.7 Å². The van der Waals surface area contributed by atoms with Crippen LogP contribution in [-0.2, 0) is 9.59 Å². The molecule has 7 nitrogen and oxygen atoms in total. The molecule has 0 saturated carbocycles. The number of hydrogen-bond donors (Lipinski definition) is 2. The molecule has 1 aliphatic heterocycles. The van der Waals surface area contributed by atoms with E-state index in [2.05, 4.69) is 5.32 Å². The van der Waals surface area contributed by atoms with Crippen molar-refractivity contribution in [1.29, 1.82) is 0 Å². The number of halogens is 1. The maximum absolute atomic E-state index is 14.5. The Hall–Kier alpha value is -3.84. The molecule has 4 amide bonds. The average Bonchev–Trinajstić information content (AvgIpc) is 3.01. The zero-order chi connectivity index (χ0) is 28.2. The van der Waals surface area contributed by atoms with Crippen molar-refractivity contribution in [3.05, 3.63) is 101 Å². The summed E-state index contributed by atoms with van der Waals surface area (Å²) in [7, 11) is 0. The molecule has 3 aromatic rings. The number of nitrogens with one attached hydrogen (secondary N) is 1. The summed E-state index contributed by atoms with van der Waals surface area (Å²) >= 11 is 6.26. The first kappa shape index (κ1) is 28.2. The van der Waals surface area contributed by atoms with Gasteiger partial charge >= 0.3 is 6.03 Å². The molecule has 1 heterocycles. The quantitative estimate of drug-likeness (QED) is 0.418. The van der Waals surface area contributed by atoms with E-state index in [9.17, 15) is 14.4 Å². The van der Waals surface area contributed by atoms with Crippen molar-refractivity contribution in [2.24, 2.45) is 5.73 Å². The van der Waals surface area contributed by atoms with Gasteiger partial charge in [-0.05, 0) is 68.9 Å². The van der Waals surface area contributed by atoms with E-state index in [-0.39, 0.29) is 24.3 Å². The van der Waals surface area contributed by atoms with Crippen LogP contribution in [0, 0.1) is 0 Å². The van der Waals surface area contributed by atoms with Gasteiger partial charge in [-0.2, -0.15) is 0 Å². The van der Waals surface area contributed by atoms with Crippen molar-refractivity contribution in [3.8, 4) is 0 Å². The summed E-state index contributed by atoms with van der Waals surface area (Å²) in [4.78, 5) is 43.5. The van der Waals surface area contributed by atoms with Crippen molar-refractivity contribution in [2.45, 2.75) is 57.2 Å². The summed E-state index contributed by atoms with van der Waals surface area (Å²) < 4.78 is 0. The smallest absolute Gasteiger partial charge is 0.320 e. The molecular weight excluding hydrogens is 512 g/mol. The number of rotatable bonds is 6. The number of carbonyl (C=O) groups excluding carboxylic acids is 3. The molecule has 204 valence electrons. The van der Waals surface area contributed by atoms with Crippen molar-refractivity contribution in [2.75, 3.05) is 11.4 Å². The lowest BCUT2D eigenvalue weighted by Gasteiger charge is -2.35. The van der Waals surface area contributed by atoms with Crippen LogP contribution in [0.1, 0.15) is 56.7 Å². The van der Waals surface area contributed by atoms with Gasteiger partial charge in [-0.3, -0.25) is 14.5 Å². The van der Waals surface area contributed by atoms with E-state index in [1.54, 1.807) is 29.2 Å². The lowest BCUT2D eigenvalue weighted by Crippen LogP contribution is -2.55. The minimum Gasteiger partial charge on any atom is -0.351 e. The van der Waals surface area contributed by atoms with Crippen LogP contribution in [0.3, 0.4) is 0 Å². The maximum Gasteiger partial charge on any atom is 0.320 e. The van der Waals surface area contributed by atoms with E-state index in [1.807, 2.05) is 81.4 Å². The number of urea groups is 1. The number of anilines is 1. The third-order valence-corrected chi connectivity index (χ3v) is 7.11. The molecule has 1 aliphatic rings. The Morgan fingerprint density at radius 2 is 1.56 bits per heavy atom. The molecule has 4 rings (SSSR count). The molecule has 39 heavy (non-hydrogen) atoms. The molecule has 3 unspecified atom stereocenters. The first-order valence-electron chi connectivity index (χ1n) is 13.1. The Morgan fingerprint density at radius 3 is 2.13 bits per heavy atom. The number of amides is 4. The van der Waals surface area contributed by atoms with Gasteiger partial charge in [0.1, 0.15) is 12.6 Å². The van der Waals surface area contributed by atoms with Crippen LogP contribution in [0.4, 0.5) is 10.5 Å². The van der Waals surface area contributed by atoms with Gasteiger partial charge in [0.15, 0.2) is 0 Å². The number of primary amides is 1. The van der Waals surface area contributed by atoms with Crippen LogP contribution in [0.5, 0.6) is 0 Å². The highest BCUT2D eigenvalue weighted by molar-refractivity contribution is 6.31. The third-order valence-electron chi connectivity index (χ3n) is 6.88. The Bertz CT molecular complexity index is 1310. The zero-order valence-electron chi connectivity index (χ0n) is 22.5. The predicted octanol–water partition coefficient (Wildman–Crippen LogP) is 5.66. The Balaban J connectivity index is 1.85. The largest absolute Gasteiger partial charge is 0.351 e. The molecule has 0 radical (unpaired) electrons. The second-order valence-electron chi connectivity index (χ2n) is 11.0. The van der Waals surface area contributed by atoms with Crippen molar-refractivity contribution in [3.63, 3.8) is 0 Å². The summed E-state index contributed by atoms with van der Waals surface area (Å²) in [5, 5.41) is 3.39. The molecule has 0 bridgehead atoms. The fraction of sp³-hybridized carbons (Fsp3) is 0.323. The number of hydrogen-bond acceptors (Lipinski definition) is 3. The van der Waals surface area contributed by atoms with Crippen molar-refractivity contribution < 1.29 is 14.4 Å². The predicted molar refractivity (Wildman–Crippen MR) is 155 cm³/mol. The standard InChI is InChI=1S/C31H35ClN4O3/c1-31(2,3)34-28(37)20-35-26(22-13-8-5-9-14-22)17-23(21-11-6-4-7-12-21)18-27(29(35)38)36(30(33)39)25-16-10-15-24(32)19-25/h4-16,19,23,26-27H,17-18,20H2,1-3H3,(H2,33,39)(H,34,37). The molecule has 1 saturated heterocycles. The van der Waals surface area contributed by atoms with Crippen LogP contribution in [-0.4, -0.2) is 40.9 Å². The first-order valence-corrected chi connectivity index (χ1v) is 13.5. The number of carbonyl (C=O) groups is 3. The summed E-state index contributed by atoms with van der Waals surface area (Å²) in [6.45, 7) is 5.53. The summed E-state index contributed by atoms with van der Waals surface area (Å²) in [5.41, 5.74) is 7.84. The minimum atomic E-state index is -0.942. The molecule has 0 spiro atoms. The topological polar surface area (TPSA) is 95.7 Å². The summed E-state index contributed by atoms with van der Waals surface area (Å²) in [5.74, 6) is -0.714. The van der Waals surface area contributed by atoms with Gasteiger partial charge in [-0.25, -0.2) is 4.79 Å². The van der Waals surface area contributed by atoms with Crippen LogP contribution in [0.2, 0.25) is 5.02 Å². The fourth-order valence-electron chi connectivity index (χ4n) is 5.30. The fourth-order valence-corrected chi connectivity index (χ4v) is 5.48. The van der Waals surface area contributed by atoms with Gasteiger partial charge in [0.25, 0.3) is 0 Å². The SMILES string of the molecule is CC(C)(C)NC(=O)CN1C(=O)C(N(C(N)=O)c2cccc(Cl)c2)CC(c2ccccc2)CC1c1ccccc1. The van der Waals surface area contributed by atoms with Gasteiger partial charge in [0.05, 0.1) is 6.04 Å². The van der Waals surface area contributed by atoms with Crippen LogP contribution in [0.15, 0.2) is 84.9 Å². The Morgan fingerprint density at radius 1 is 0.949 bits per heavy atom. The van der Waals surface area contributed by atoms with Gasteiger partial charge in [-0.15, -0.1) is 0 Å². The van der Waals surface area contributed by atoms with Gasteiger partial charge in [-0.1, -0.05) is 78.3 Å². The van der Waals surface area contributed by atoms with E-state index >= 15 is 0 Å². The second kappa shape index (κ2) is 11.9. The van der Waals surface area contributed by atoms with Crippen LogP contribution < -0.4 is 16.0 Å². The maximum atomic E-state index is 14.5. The number of nitrogens with zero attached hydrogens (tertiary/aromatic N) is 2. The highest BCUT2D eigenvalue weighted by atomic mass is 35.5. The van der Waals surface area contributed by atoms with Gasteiger partial charge in [0.2, 0.25) is 11.8 Å². The zero-order valence-corrected chi connectivity index (χ0v) is 23.3. The first-order chi connectivity index (χ1) is 18.5. The Kier molecular flexibility index (Phi) is 8.60. The molecule has 3 N–H and O–H groups in total. The molecule has 8 heteroatoms. The minimum absolute atomic E-state index is 0.0953. The Labute approximate surface area is 234 Å². The van der Waals surface area contributed by atoms with E-state index in [4.69, 9.17) is 17.3 Å². The van der Waals surface area contributed by atoms with Crippen LogP contribution >= 0.6 is 11.6 Å². The normalized spacial score (nSPS) is 19.7. The van der Waals surface area contributed by atoms with E-state index in [0.717, 1.165) is 11.1 Å². The molecule has 1 fully saturated rings. The van der Waals surface area contributed by atoms with Gasteiger partial charge < -0.3 is 16.0 Å². The molecule has 3 aromatic carbocycles. The lowest BCUT2D eigenvalue weighted by molar-refractivity contribution is -0.139. The van der Waals surface area contributed by atoms with Gasteiger partial charge in [0, 0.05) is 16.2 Å². The third kappa shape index (κ3) is 6.98. The van der Waals surface area contributed by atoms with Crippen molar-refractivity contribution in [1.82, 2.24) is 10.2 Å². The van der Waals surface area contributed by atoms with E-state index in [1.165, 1.54) is 4.90 Å². The molecular formula is C31H35ClN4O3. The molecule has 0 aliphatic carbocycles. The van der Waals surface area contributed by atoms with Crippen LogP contribution in [0.25, 0.3) is 0 Å². The van der Waals surface area contributed by atoms with Crippen molar-refractivity contribution >= 4 is 35.1 Å². The number of nitrogens with two attached hydrogens (primary N) is 1. The average molecular weight is 547 g/mol. The second-order valence-corrected chi connectivity index (χ2v) is 11.4. The lowest BCUT2D eigenvalue weighted by atomic mass is 9.86. The summed E-state index contributed by atoms with van der Waals surface area (Å²) in [6.07, 6.45) is 0.903. The monoisotopic (exact) mass is 546 g/mol. The number of likely N-dealkylation sites (tertiary alicyclic amines) is 1. The molecule has 3 atom stereocenters. The van der Waals surface area contributed by atoms with E-state index in [0.29, 0.717) is 23.6 Å². The number of benzene rings is 3.